The minimum atomic E-state index is -1.32. The summed E-state index contributed by atoms with van der Waals surface area (Å²) >= 11 is 0. The SMILES string of the molecule is CCCCCCCCCCCC(O)C(O)CC(=O)[O-]. The van der Waals surface area contributed by atoms with Crippen molar-refractivity contribution >= 4 is 5.97 Å². The molecular weight excluding hydrogens is 244 g/mol. The van der Waals surface area contributed by atoms with Crippen LogP contribution in [0, 0.1) is 0 Å². The zero-order chi connectivity index (χ0) is 14.5. The van der Waals surface area contributed by atoms with E-state index in [0.717, 1.165) is 19.3 Å². The standard InChI is InChI=1S/C15H30O4/c1-2-3-4-5-6-7-8-9-10-11-13(16)14(17)12-15(18)19/h13-14,16-17H,2-12H2,1H3,(H,18,19)/p-1. The first kappa shape index (κ1) is 18.4. The van der Waals surface area contributed by atoms with E-state index >= 15 is 0 Å². The summed E-state index contributed by atoms with van der Waals surface area (Å²) in [6, 6.07) is 0. The van der Waals surface area contributed by atoms with Gasteiger partial charge < -0.3 is 20.1 Å². The van der Waals surface area contributed by atoms with Crippen molar-refractivity contribution in [1.29, 1.82) is 0 Å². The van der Waals surface area contributed by atoms with Crippen LogP contribution in [0.2, 0.25) is 0 Å². The summed E-state index contributed by atoms with van der Waals surface area (Å²) in [7, 11) is 0. The largest absolute Gasteiger partial charge is 0.550 e. The molecule has 0 aromatic carbocycles. The summed E-state index contributed by atoms with van der Waals surface area (Å²) in [5, 5.41) is 29.1. The van der Waals surface area contributed by atoms with Crippen molar-refractivity contribution in [1.82, 2.24) is 0 Å². The van der Waals surface area contributed by atoms with Gasteiger partial charge in [0.15, 0.2) is 0 Å². The van der Waals surface area contributed by atoms with Crippen molar-refractivity contribution in [2.75, 3.05) is 0 Å². The average molecular weight is 273 g/mol. The van der Waals surface area contributed by atoms with Gasteiger partial charge in [-0.1, -0.05) is 64.7 Å². The van der Waals surface area contributed by atoms with E-state index in [0.29, 0.717) is 6.42 Å². The number of hydrogen-bond donors (Lipinski definition) is 2. The molecule has 2 N–H and O–H groups in total. The van der Waals surface area contributed by atoms with Crippen LogP contribution in [0.4, 0.5) is 0 Å². The van der Waals surface area contributed by atoms with E-state index in [9.17, 15) is 20.1 Å². The number of carbonyl (C=O) groups excluding carboxylic acids is 1. The van der Waals surface area contributed by atoms with Crippen molar-refractivity contribution in [3.8, 4) is 0 Å². The van der Waals surface area contributed by atoms with Crippen LogP contribution in [-0.2, 0) is 4.79 Å². The lowest BCUT2D eigenvalue weighted by atomic mass is 10.0. The van der Waals surface area contributed by atoms with Crippen LogP contribution in [0.3, 0.4) is 0 Å². The molecule has 0 radical (unpaired) electrons. The van der Waals surface area contributed by atoms with Crippen molar-refractivity contribution in [3.63, 3.8) is 0 Å². The van der Waals surface area contributed by atoms with Gasteiger partial charge in [0.1, 0.15) is 0 Å². The fourth-order valence-corrected chi connectivity index (χ4v) is 2.16. The number of rotatable bonds is 13. The first-order valence-electron chi connectivity index (χ1n) is 7.64. The lowest BCUT2D eigenvalue weighted by molar-refractivity contribution is -0.308. The van der Waals surface area contributed by atoms with E-state index in [1.807, 2.05) is 0 Å². The van der Waals surface area contributed by atoms with E-state index in [-0.39, 0.29) is 0 Å². The Morgan fingerprint density at radius 1 is 0.895 bits per heavy atom. The molecule has 0 rings (SSSR count). The van der Waals surface area contributed by atoms with Crippen LogP contribution in [0.25, 0.3) is 0 Å². The molecule has 114 valence electrons. The van der Waals surface area contributed by atoms with Gasteiger partial charge in [0.25, 0.3) is 0 Å². The van der Waals surface area contributed by atoms with Crippen molar-refractivity contribution in [2.45, 2.75) is 89.8 Å². The average Bonchev–Trinajstić information content (AvgIpc) is 2.35. The molecule has 4 heteroatoms. The van der Waals surface area contributed by atoms with Crippen molar-refractivity contribution < 1.29 is 20.1 Å². The Morgan fingerprint density at radius 3 is 1.84 bits per heavy atom. The van der Waals surface area contributed by atoms with Gasteiger partial charge in [0.05, 0.1) is 12.2 Å². The molecule has 0 aliphatic heterocycles. The van der Waals surface area contributed by atoms with E-state index in [1.165, 1.54) is 38.5 Å². The Hall–Kier alpha value is -0.610. The van der Waals surface area contributed by atoms with E-state index in [1.54, 1.807) is 0 Å². The molecule has 0 aliphatic rings. The van der Waals surface area contributed by atoms with Gasteiger partial charge in [0, 0.05) is 12.4 Å². The fraction of sp³-hybridized carbons (Fsp3) is 0.933. The normalized spacial score (nSPS) is 14.3. The predicted molar refractivity (Wildman–Crippen MR) is 73.5 cm³/mol. The monoisotopic (exact) mass is 273 g/mol. The third-order valence-electron chi connectivity index (χ3n) is 3.42. The lowest BCUT2D eigenvalue weighted by Crippen LogP contribution is -2.34. The minimum Gasteiger partial charge on any atom is -0.550 e. The van der Waals surface area contributed by atoms with Gasteiger partial charge in [-0.2, -0.15) is 0 Å². The second kappa shape index (κ2) is 12.4. The number of carboxylic acid groups (broad SMARTS) is 1. The van der Waals surface area contributed by atoms with Crippen LogP contribution in [0.1, 0.15) is 77.6 Å². The first-order chi connectivity index (χ1) is 9.07. The number of aliphatic hydroxyl groups excluding tert-OH is 2. The number of carboxylic acids is 1. The zero-order valence-corrected chi connectivity index (χ0v) is 12.1. The Labute approximate surface area is 116 Å². The van der Waals surface area contributed by atoms with Gasteiger partial charge in [-0.15, -0.1) is 0 Å². The van der Waals surface area contributed by atoms with Gasteiger partial charge in [-0.3, -0.25) is 0 Å². The Kier molecular flexibility index (Phi) is 12.0. The second-order valence-corrected chi connectivity index (χ2v) is 5.33. The number of unbranched alkanes of at least 4 members (excludes halogenated alkanes) is 8. The Morgan fingerprint density at radius 2 is 1.37 bits per heavy atom. The molecule has 0 spiro atoms. The third kappa shape index (κ3) is 12.2. The maximum atomic E-state index is 10.3. The molecule has 0 saturated heterocycles. The highest BCUT2D eigenvalue weighted by Crippen LogP contribution is 2.13. The Bertz CT molecular complexity index is 218. The molecule has 0 fully saturated rings. The summed E-state index contributed by atoms with van der Waals surface area (Å²) in [6.45, 7) is 2.21. The van der Waals surface area contributed by atoms with Gasteiger partial charge in [-0.25, -0.2) is 0 Å². The smallest absolute Gasteiger partial charge is 0.0851 e. The number of carbonyl (C=O) groups is 1. The summed E-state index contributed by atoms with van der Waals surface area (Å²) in [6.07, 6.45) is 8.57. The summed E-state index contributed by atoms with van der Waals surface area (Å²) < 4.78 is 0. The maximum Gasteiger partial charge on any atom is 0.0851 e. The third-order valence-corrected chi connectivity index (χ3v) is 3.42. The molecule has 0 aromatic heterocycles. The van der Waals surface area contributed by atoms with Gasteiger partial charge >= 0.3 is 0 Å². The van der Waals surface area contributed by atoms with Crippen molar-refractivity contribution in [3.05, 3.63) is 0 Å². The molecular formula is C15H29O4-. The molecule has 0 amide bonds. The number of aliphatic carboxylic acids is 1. The van der Waals surface area contributed by atoms with E-state index < -0.39 is 24.6 Å². The highest BCUT2D eigenvalue weighted by atomic mass is 16.4. The summed E-state index contributed by atoms with van der Waals surface area (Å²) in [4.78, 5) is 10.3. The molecule has 0 aromatic rings. The number of hydrogen-bond acceptors (Lipinski definition) is 4. The van der Waals surface area contributed by atoms with Gasteiger partial charge in [0.2, 0.25) is 0 Å². The molecule has 2 atom stereocenters. The molecule has 19 heavy (non-hydrogen) atoms. The van der Waals surface area contributed by atoms with Crippen LogP contribution < -0.4 is 5.11 Å². The molecule has 2 unspecified atom stereocenters. The van der Waals surface area contributed by atoms with Crippen LogP contribution in [-0.4, -0.2) is 28.4 Å². The summed E-state index contributed by atoms with van der Waals surface area (Å²) in [5.74, 6) is -1.32. The highest BCUT2D eigenvalue weighted by Gasteiger charge is 2.15. The second-order valence-electron chi connectivity index (χ2n) is 5.33. The molecule has 4 nitrogen and oxygen atoms in total. The van der Waals surface area contributed by atoms with Crippen LogP contribution in [0.5, 0.6) is 0 Å². The molecule has 0 bridgehead atoms. The molecule has 0 aliphatic carbocycles. The van der Waals surface area contributed by atoms with Crippen LogP contribution >= 0.6 is 0 Å². The molecule has 0 heterocycles. The topological polar surface area (TPSA) is 80.6 Å². The highest BCUT2D eigenvalue weighted by molar-refractivity contribution is 5.64. The van der Waals surface area contributed by atoms with Crippen LogP contribution in [0.15, 0.2) is 0 Å². The van der Waals surface area contributed by atoms with Crippen molar-refractivity contribution in [2.24, 2.45) is 0 Å². The van der Waals surface area contributed by atoms with E-state index in [4.69, 9.17) is 0 Å². The van der Waals surface area contributed by atoms with E-state index in [2.05, 4.69) is 6.92 Å². The predicted octanol–water partition coefficient (Wildman–Crippen LogP) is 1.77. The summed E-state index contributed by atoms with van der Waals surface area (Å²) in [5.41, 5.74) is 0. The van der Waals surface area contributed by atoms with Gasteiger partial charge in [-0.05, 0) is 6.42 Å². The molecule has 0 saturated carbocycles. The Balaban J connectivity index is 3.31. The maximum absolute atomic E-state index is 10.3. The fourth-order valence-electron chi connectivity index (χ4n) is 2.16. The number of aliphatic hydroxyl groups is 2. The lowest BCUT2D eigenvalue weighted by Gasteiger charge is -2.17. The zero-order valence-electron chi connectivity index (χ0n) is 12.1. The quantitative estimate of drug-likeness (QED) is 0.501. The minimum absolute atomic E-state index is 0.463. The first-order valence-corrected chi connectivity index (χ1v) is 7.64.